The number of esters is 1. The molecule has 0 aliphatic heterocycles. The van der Waals surface area contributed by atoms with Crippen LogP contribution in [0.15, 0.2) is 54.7 Å². The van der Waals surface area contributed by atoms with Crippen LogP contribution in [0, 0.1) is 0 Å². The molecule has 2 rings (SSSR count). The van der Waals surface area contributed by atoms with E-state index in [0.717, 1.165) is 18.4 Å². The molecule has 0 aliphatic carbocycles. The van der Waals surface area contributed by atoms with Crippen molar-refractivity contribution >= 4 is 18.0 Å². The SMILES string of the molecule is CCCCOC(=O)[C@H](Cc1ccccc1)NC(=O)[C@H](Cc1ccccn1)NC(=O)OC(C)(C)C. The van der Waals surface area contributed by atoms with E-state index in [1.807, 2.05) is 37.3 Å². The van der Waals surface area contributed by atoms with Gasteiger partial charge in [-0.15, -0.1) is 0 Å². The van der Waals surface area contributed by atoms with E-state index in [4.69, 9.17) is 9.47 Å². The van der Waals surface area contributed by atoms with E-state index in [2.05, 4.69) is 15.6 Å². The van der Waals surface area contributed by atoms with Crippen molar-refractivity contribution < 1.29 is 23.9 Å². The number of alkyl carbamates (subject to hydrolysis) is 1. The maximum Gasteiger partial charge on any atom is 0.408 e. The van der Waals surface area contributed by atoms with E-state index in [-0.39, 0.29) is 19.4 Å². The van der Waals surface area contributed by atoms with E-state index < -0.39 is 35.7 Å². The quantitative estimate of drug-likeness (QED) is 0.385. The molecular formula is C26H35N3O5. The predicted octanol–water partition coefficient (Wildman–Crippen LogP) is 3.59. The van der Waals surface area contributed by atoms with Crippen LogP contribution >= 0.6 is 0 Å². The summed E-state index contributed by atoms with van der Waals surface area (Å²) in [5.41, 5.74) is 0.764. The normalized spacial score (nSPS) is 12.8. The van der Waals surface area contributed by atoms with E-state index in [1.54, 1.807) is 45.2 Å². The number of pyridine rings is 1. The van der Waals surface area contributed by atoms with Crippen molar-refractivity contribution in [1.82, 2.24) is 15.6 Å². The Bertz CT molecular complexity index is 913. The van der Waals surface area contributed by atoms with Gasteiger partial charge in [-0.05, 0) is 44.9 Å². The van der Waals surface area contributed by atoms with Crippen LogP contribution in [-0.4, -0.2) is 47.2 Å². The highest BCUT2D eigenvalue weighted by Crippen LogP contribution is 2.10. The van der Waals surface area contributed by atoms with Gasteiger partial charge in [-0.25, -0.2) is 9.59 Å². The number of carbonyl (C=O) groups is 3. The minimum absolute atomic E-state index is 0.134. The Morgan fingerprint density at radius 3 is 2.26 bits per heavy atom. The number of rotatable bonds is 11. The summed E-state index contributed by atoms with van der Waals surface area (Å²) in [5, 5.41) is 5.39. The lowest BCUT2D eigenvalue weighted by Crippen LogP contribution is -2.54. The van der Waals surface area contributed by atoms with Crippen molar-refractivity contribution in [1.29, 1.82) is 0 Å². The lowest BCUT2D eigenvalue weighted by atomic mass is 10.0. The van der Waals surface area contributed by atoms with Crippen molar-refractivity contribution in [3.8, 4) is 0 Å². The van der Waals surface area contributed by atoms with Gasteiger partial charge in [-0.2, -0.15) is 0 Å². The van der Waals surface area contributed by atoms with Crippen molar-refractivity contribution in [2.75, 3.05) is 6.61 Å². The van der Waals surface area contributed by atoms with Crippen LogP contribution in [-0.2, 0) is 31.9 Å². The molecule has 1 aromatic heterocycles. The van der Waals surface area contributed by atoms with Gasteiger partial charge in [0.15, 0.2) is 0 Å². The van der Waals surface area contributed by atoms with Crippen LogP contribution in [0.3, 0.4) is 0 Å². The van der Waals surface area contributed by atoms with Crippen LogP contribution in [0.25, 0.3) is 0 Å². The van der Waals surface area contributed by atoms with Crippen molar-refractivity contribution in [2.45, 2.75) is 71.1 Å². The van der Waals surface area contributed by atoms with E-state index in [0.29, 0.717) is 5.69 Å². The molecule has 0 aliphatic rings. The summed E-state index contributed by atoms with van der Waals surface area (Å²) >= 11 is 0. The van der Waals surface area contributed by atoms with Gasteiger partial charge in [0.1, 0.15) is 17.7 Å². The Kier molecular flexibility index (Phi) is 10.5. The van der Waals surface area contributed by atoms with Crippen LogP contribution in [0.5, 0.6) is 0 Å². The second-order valence-electron chi connectivity index (χ2n) is 9.00. The Balaban J connectivity index is 2.19. The summed E-state index contributed by atoms with van der Waals surface area (Å²) in [6.45, 7) is 7.50. The molecule has 0 spiro atoms. The third-order valence-corrected chi connectivity index (χ3v) is 4.77. The van der Waals surface area contributed by atoms with Gasteiger partial charge >= 0.3 is 12.1 Å². The van der Waals surface area contributed by atoms with Crippen LogP contribution < -0.4 is 10.6 Å². The minimum Gasteiger partial charge on any atom is -0.464 e. The third kappa shape index (κ3) is 10.0. The van der Waals surface area contributed by atoms with E-state index >= 15 is 0 Å². The molecular weight excluding hydrogens is 434 g/mol. The number of nitrogens with one attached hydrogen (secondary N) is 2. The van der Waals surface area contributed by atoms with Gasteiger partial charge in [-0.3, -0.25) is 9.78 Å². The summed E-state index contributed by atoms with van der Waals surface area (Å²) in [5.74, 6) is -1.04. The molecule has 0 bridgehead atoms. The summed E-state index contributed by atoms with van der Waals surface area (Å²) < 4.78 is 10.7. The number of aromatic nitrogens is 1. The monoisotopic (exact) mass is 469 g/mol. The maximum absolute atomic E-state index is 13.3. The molecule has 2 amide bonds. The molecule has 8 nitrogen and oxygen atoms in total. The Morgan fingerprint density at radius 1 is 0.941 bits per heavy atom. The fourth-order valence-electron chi connectivity index (χ4n) is 3.12. The van der Waals surface area contributed by atoms with Gasteiger partial charge < -0.3 is 20.1 Å². The number of unbranched alkanes of at least 4 members (excludes halogenated alkanes) is 1. The molecule has 2 N–H and O–H groups in total. The van der Waals surface area contributed by atoms with E-state index in [9.17, 15) is 14.4 Å². The van der Waals surface area contributed by atoms with Crippen LogP contribution in [0.4, 0.5) is 4.79 Å². The molecule has 184 valence electrons. The maximum atomic E-state index is 13.3. The standard InChI is InChI=1S/C26H35N3O5/c1-5-6-16-33-24(31)22(17-19-12-8-7-9-13-19)28-23(30)21(18-20-14-10-11-15-27-20)29-25(32)34-26(2,3)4/h7-15,21-22H,5-6,16-18H2,1-4H3,(H,28,30)(H,29,32)/t21-,22-/m0/s1. The van der Waals surface area contributed by atoms with Gasteiger partial charge in [0.2, 0.25) is 5.91 Å². The molecule has 0 radical (unpaired) electrons. The summed E-state index contributed by atoms with van der Waals surface area (Å²) in [6, 6.07) is 12.8. The average molecular weight is 470 g/mol. The molecule has 0 fully saturated rings. The molecule has 0 saturated carbocycles. The Labute approximate surface area is 201 Å². The van der Waals surface area contributed by atoms with Crippen molar-refractivity contribution in [3.63, 3.8) is 0 Å². The van der Waals surface area contributed by atoms with Crippen LogP contribution in [0.2, 0.25) is 0 Å². The molecule has 0 saturated heterocycles. The van der Waals surface area contributed by atoms with Gasteiger partial charge in [-0.1, -0.05) is 49.7 Å². The fraction of sp³-hybridized carbons (Fsp3) is 0.462. The van der Waals surface area contributed by atoms with E-state index in [1.165, 1.54) is 0 Å². The lowest BCUT2D eigenvalue weighted by molar-refractivity contribution is -0.148. The first-order chi connectivity index (χ1) is 16.2. The van der Waals surface area contributed by atoms with Crippen molar-refractivity contribution in [2.24, 2.45) is 0 Å². The molecule has 2 atom stereocenters. The lowest BCUT2D eigenvalue weighted by Gasteiger charge is -2.25. The first-order valence-corrected chi connectivity index (χ1v) is 11.6. The first-order valence-electron chi connectivity index (χ1n) is 11.6. The summed E-state index contributed by atoms with van der Waals surface area (Å²) in [6.07, 6.45) is 2.90. The molecule has 1 heterocycles. The van der Waals surface area contributed by atoms with Gasteiger partial charge in [0.25, 0.3) is 0 Å². The van der Waals surface area contributed by atoms with Gasteiger partial charge in [0.05, 0.1) is 6.61 Å². The number of amides is 2. The molecule has 34 heavy (non-hydrogen) atoms. The summed E-state index contributed by atoms with van der Waals surface area (Å²) in [4.78, 5) is 42.7. The minimum atomic E-state index is -0.994. The predicted molar refractivity (Wildman–Crippen MR) is 129 cm³/mol. The highest BCUT2D eigenvalue weighted by Gasteiger charge is 2.29. The second kappa shape index (κ2) is 13.3. The topological polar surface area (TPSA) is 107 Å². The zero-order valence-corrected chi connectivity index (χ0v) is 20.4. The fourth-order valence-corrected chi connectivity index (χ4v) is 3.12. The first kappa shape index (κ1) is 26.8. The van der Waals surface area contributed by atoms with Crippen LogP contribution in [0.1, 0.15) is 51.8 Å². The molecule has 0 unspecified atom stereocenters. The van der Waals surface area contributed by atoms with Crippen molar-refractivity contribution in [3.05, 3.63) is 66.0 Å². The number of nitrogens with zero attached hydrogens (tertiary/aromatic N) is 1. The Morgan fingerprint density at radius 2 is 1.65 bits per heavy atom. The zero-order valence-electron chi connectivity index (χ0n) is 20.4. The number of hydrogen-bond donors (Lipinski definition) is 2. The Hall–Kier alpha value is -3.42. The number of carbonyl (C=O) groups excluding carboxylic acids is 3. The molecule has 1 aromatic carbocycles. The molecule has 8 heteroatoms. The zero-order chi connectivity index (χ0) is 25.0. The smallest absolute Gasteiger partial charge is 0.408 e. The number of benzene rings is 1. The molecule has 2 aromatic rings. The highest BCUT2D eigenvalue weighted by atomic mass is 16.6. The highest BCUT2D eigenvalue weighted by molar-refractivity contribution is 5.90. The largest absolute Gasteiger partial charge is 0.464 e. The number of ether oxygens (including phenoxy) is 2. The summed E-state index contributed by atoms with van der Waals surface area (Å²) in [7, 11) is 0. The van der Waals surface area contributed by atoms with Gasteiger partial charge in [0, 0.05) is 24.7 Å². The second-order valence-corrected chi connectivity index (χ2v) is 9.00. The average Bonchev–Trinajstić information content (AvgIpc) is 2.78. The third-order valence-electron chi connectivity index (χ3n) is 4.77. The number of hydrogen-bond acceptors (Lipinski definition) is 6.